The van der Waals surface area contributed by atoms with Gasteiger partial charge < -0.3 is 14.7 Å². The van der Waals surface area contributed by atoms with Gasteiger partial charge in [0.2, 0.25) is 0 Å². The molecule has 29 heavy (non-hydrogen) atoms. The van der Waals surface area contributed by atoms with E-state index in [9.17, 15) is 19.2 Å². The smallest absolute Gasteiger partial charge is 0.327 e. The minimum atomic E-state index is -0.770. The normalized spacial score (nSPS) is 20.2. The first-order valence-corrected chi connectivity index (χ1v) is 10.2. The molecule has 1 aromatic rings. The number of hydrogen-bond donors (Lipinski definition) is 0. The van der Waals surface area contributed by atoms with Crippen molar-refractivity contribution < 1.29 is 19.2 Å². The molecule has 0 bridgehead atoms. The predicted octanol–water partition coefficient (Wildman–Crippen LogP) is -0.212. The molecule has 5 amide bonds. The van der Waals surface area contributed by atoms with Gasteiger partial charge in [-0.25, -0.2) is 4.79 Å². The van der Waals surface area contributed by atoms with Crippen LogP contribution in [0, 0.1) is 0 Å². The number of carbonyl (C=O) groups is 4. The first kappa shape index (κ1) is 19.4. The Kier molecular flexibility index (Phi) is 5.25. The molecule has 3 aliphatic rings. The maximum Gasteiger partial charge on any atom is 0.327 e. The molecule has 0 spiro atoms. The van der Waals surface area contributed by atoms with E-state index in [-0.39, 0.29) is 12.5 Å². The van der Waals surface area contributed by atoms with Crippen molar-refractivity contribution in [3.05, 3.63) is 17.5 Å². The van der Waals surface area contributed by atoms with Gasteiger partial charge in [0.25, 0.3) is 5.91 Å². The lowest BCUT2D eigenvalue weighted by molar-refractivity contribution is -0.154. The topological polar surface area (TPSA) is 99.1 Å². The second-order valence-corrected chi connectivity index (χ2v) is 7.59. The predicted molar refractivity (Wildman–Crippen MR) is 102 cm³/mol. The van der Waals surface area contributed by atoms with Gasteiger partial charge in [0.1, 0.15) is 0 Å². The van der Waals surface area contributed by atoms with Gasteiger partial charge in [-0.05, 0) is 26.2 Å². The van der Waals surface area contributed by atoms with E-state index in [1.54, 1.807) is 22.9 Å². The number of amides is 5. The molecule has 0 aromatic carbocycles. The van der Waals surface area contributed by atoms with E-state index in [2.05, 4.69) is 5.10 Å². The molecule has 10 heteroatoms. The van der Waals surface area contributed by atoms with Gasteiger partial charge in [0.05, 0.1) is 17.5 Å². The molecule has 4 heterocycles. The van der Waals surface area contributed by atoms with Crippen molar-refractivity contribution in [2.75, 3.05) is 45.8 Å². The number of likely N-dealkylation sites (N-methyl/N-ethyl adjacent to an activating group) is 1. The van der Waals surface area contributed by atoms with Crippen molar-refractivity contribution >= 4 is 23.8 Å². The maximum absolute atomic E-state index is 12.9. The van der Waals surface area contributed by atoms with Crippen LogP contribution in [-0.2, 0) is 22.6 Å². The van der Waals surface area contributed by atoms with Crippen molar-refractivity contribution in [3.63, 3.8) is 0 Å². The minimum Gasteiger partial charge on any atom is -0.335 e. The van der Waals surface area contributed by atoms with Gasteiger partial charge in [0.15, 0.2) is 0 Å². The van der Waals surface area contributed by atoms with Gasteiger partial charge in [0, 0.05) is 52.4 Å². The molecule has 0 saturated carbocycles. The van der Waals surface area contributed by atoms with E-state index < -0.39 is 17.8 Å². The Hall–Kier alpha value is -2.91. The fourth-order valence-corrected chi connectivity index (χ4v) is 4.20. The Morgan fingerprint density at radius 3 is 2.38 bits per heavy atom. The molecule has 3 aliphatic heterocycles. The summed E-state index contributed by atoms with van der Waals surface area (Å²) in [5.74, 6) is -1.46. The molecule has 0 N–H and O–H groups in total. The highest BCUT2D eigenvalue weighted by atomic mass is 16.2. The number of carbonyl (C=O) groups excluding carboxylic acids is 4. The molecule has 4 rings (SSSR count). The van der Waals surface area contributed by atoms with Crippen LogP contribution in [0.4, 0.5) is 4.79 Å². The lowest BCUT2D eigenvalue weighted by atomic mass is 10.1. The monoisotopic (exact) mass is 402 g/mol. The number of imide groups is 1. The number of nitrogens with zero attached hydrogens (tertiary/aromatic N) is 6. The Labute approximate surface area is 169 Å². The highest BCUT2D eigenvalue weighted by molar-refractivity contribution is 6.38. The summed E-state index contributed by atoms with van der Waals surface area (Å²) in [6.45, 7) is 5.13. The zero-order valence-electron chi connectivity index (χ0n) is 16.7. The Morgan fingerprint density at radius 1 is 0.931 bits per heavy atom. The summed E-state index contributed by atoms with van der Waals surface area (Å²) < 4.78 is 1.91. The highest BCUT2D eigenvalue weighted by Crippen LogP contribution is 2.20. The zero-order chi connectivity index (χ0) is 20.5. The number of aryl methyl sites for hydroxylation is 1. The Bertz CT molecular complexity index is 842. The third-order valence-corrected chi connectivity index (χ3v) is 5.97. The molecule has 0 radical (unpaired) electrons. The Balaban J connectivity index is 1.36. The quantitative estimate of drug-likeness (QED) is 0.638. The third kappa shape index (κ3) is 3.47. The SMILES string of the molecule is CCN1CCN(C(=O)N2CCN(C(=O)c3cnn4c3CCCC4)CC2)C(=O)C1=O. The van der Waals surface area contributed by atoms with Crippen molar-refractivity contribution in [2.45, 2.75) is 32.7 Å². The van der Waals surface area contributed by atoms with E-state index in [4.69, 9.17) is 0 Å². The number of rotatable bonds is 2. The summed E-state index contributed by atoms with van der Waals surface area (Å²) in [6, 6.07) is -0.450. The third-order valence-electron chi connectivity index (χ3n) is 5.97. The summed E-state index contributed by atoms with van der Waals surface area (Å²) in [6.07, 6.45) is 4.65. The summed E-state index contributed by atoms with van der Waals surface area (Å²) in [7, 11) is 0. The van der Waals surface area contributed by atoms with E-state index in [0.29, 0.717) is 44.8 Å². The fraction of sp³-hybridized carbons (Fsp3) is 0.632. The molecule has 0 unspecified atom stereocenters. The molecule has 0 aliphatic carbocycles. The zero-order valence-corrected chi connectivity index (χ0v) is 16.7. The van der Waals surface area contributed by atoms with Gasteiger partial charge in [-0.15, -0.1) is 0 Å². The second kappa shape index (κ2) is 7.84. The Morgan fingerprint density at radius 2 is 1.66 bits per heavy atom. The number of piperazine rings is 2. The number of urea groups is 1. The van der Waals surface area contributed by atoms with Crippen LogP contribution in [-0.4, -0.2) is 98.9 Å². The summed E-state index contributed by atoms with van der Waals surface area (Å²) in [5, 5.41) is 4.33. The lowest BCUT2D eigenvalue weighted by Crippen LogP contribution is -2.61. The van der Waals surface area contributed by atoms with Crippen LogP contribution in [0.2, 0.25) is 0 Å². The number of hydrogen-bond acceptors (Lipinski definition) is 5. The maximum atomic E-state index is 12.9. The van der Waals surface area contributed by atoms with Crippen LogP contribution in [0.1, 0.15) is 35.8 Å². The van der Waals surface area contributed by atoms with Gasteiger partial charge in [-0.3, -0.25) is 24.0 Å². The number of fused-ring (bicyclic) bond motifs is 1. The van der Waals surface area contributed by atoms with Crippen LogP contribution in [0.3, 0.4) is 0 Å². The first-order chi connectivity index (χ1) is 14.0. The lowest BCUT2D eigenvalue weighted by Gasteiger charge is -2.39. The largest absolute Gasteiger partial charge is 0.335 e. The standard InChI is InChI=1S/C19H26N6O4/c1-2-21-11-12-24(18(28)17(21)27)19(29)23-9-7-22(8-10-23)16(26)14-13-20-25-6-4-3-5-15(14)25/h13H,2-12H2,1H3. The molecule has 0 atom stereocenters. The molecule has 1 aromatic heterocycles. The second-order valence-electron chi connectivity index (χ2n) is 7.59. The van der Waals surface area contributed by atoms with Gasteiger partial charge in [-0.1, -0.05) is 0 Å². The summed E-state index contributed by atoms with van der Waals surface area (Å²) in [4.78, 5) is 55.7. The average Bonchev–Trinajstić information content (AvgIpc) is 3.19. The molecule has 2 saturated heterocycles. The average molecular weight is 402 g/mol. The molecule has 2 fully saturated rings. The van der Waals surface area contributed by atoms with E-state index in [1.165, 1.54) is 4.90 Å². The van der Waals surface area contributed by atoms with E-state index in [0.717, 1.165) is 36.4 Å². The van der Waals surface area contributed by atoms with Gasteiger partial charge >= 0.3 is 17.8 Å². The molecular formula is C19H26N6O4. The number of aromatic nitrogens is 2. The minimum absolute atomic E-state index is 0.0527. The molecule has 10 nitrogen and oxygen atoms in total. The fourth-order valence-electron chi connectivity index (χ4n) is 4.20. The van der Waals surface area contributed by atoms with Crippen LogP contribution < -0.4 is 0 Å². The van der Waals surface area contributed by atoms with Crippen molar-refractivity contribution in [1.82, 2.24) is 29.4 Å². The summed E-state index contributed by atoms with van der Waals surface area (Å²) >= 11 is 0. The first-order valence-electron chi connectivity index (χ1n) is 10.2. The summed E-state index contributed by atoms with van der Waals surface area (Å²) in [5.41, 5.74) is 1.65. The van der Waals surface area contributed by atoms with E-state index >= 15 is 0 Å². The van der Waals surface area contributed by atoms with Crippen molar-refractivity contribution in [2.24, 2.45) is 0 Å². The van der Waals surface area contributed by atoms with Gasteiger partial charge in [-0.2, -0.15) is 5.10 Å². The van der Waals surface area contributed by atoms with Crippen LogP contribution in [0.15, 0.2) is 6.20 Å². The molecule has 156 valence electrons. The van der Waals surface area contributed by atoms with Crippen molar-refractivity contribution in [1.29, 1.82) is 0 Å². The molecular weight excluding hydrogens is 376 g/mol. The van der Waals surface area contributed by atoms with Crippen molar-refractivity contribution in [3.8, 4) is 0 Å². The van der Waals surface area contributed by atoms with Crippen LogP contribution in [0.25, 0.3) is 0 Å². The van der Waals surface area contributed by atoms with Crippen LogP contribution >= 0.6 is 0 Å². The van der Waals surface area contributed by atoms with E-state index in [1.807, 2.05) is 4.68 Å². The highest BCUT2D eigenvalue weighted by Gasteiger charge is 2.38. The van der Waals surface area contributed by atoms with Crippen LogP contribution in [0.5, 0.6) is 0 Å².